The van der Waals surface area contributed by atoms with Crippen molar-refractivity contribution < 1.29 is 14.4 Å². The zero-order valence-electron chi connectivity index (χ0n) is 12.1. The normalized spacial score (nSPS) is 20.6. The van der Waals surface area contributed by atoms with E-state index in [2.05, 4.69) is 32.4 Å². The minimum atomic E-state index is -0.908. The van der Waals surface area contributed by atoms with Gasteiger partial charge in [0, 0.05) is 25.9 Å². The van der Waals surface area contributed by atoms with Gasteiger partial charge in [0.25, 0.3) is 5.91 Å². The number of ketones is 1. The maximum absolute atomic E-state index is 11.4. The molecule has 2 aliphatic rings. The molecule has 9 nitrogen and oxygen atoms in total. The summed E-state index contributed by atoms with van der Waals surface area (Å²) in [6.45, 7) is 1.13. The van der Waals surface area contributed by atoms with Gasteiger partial charge in [0.2, 0.25) is 5.95 Å². The number of urea groups is 1. The minimum absolute atomic E-state index is 0.184. The van der Waals surface area contributed by atoms with Crippen molar-refractivity contribution in [1.82, 2.24) is 20.6 Å². The van der Waals surface area contributed by atoms with Crippen LogP contribution in [0.2, 0.25) is 0 Å². The number of nitrogens with one attached hydrogen (secondary N) is 2. The molecule has 0 saturated carbocycles. The predicted octanol–water partition coefficient (Wildman–Crippen LogP) is -1.21. The first-order chi connectivity index (χ1) is 11.0. The molecule has 1 aromatic heterocycles. The van der Waals surface area contributed by atoms with Gasteiger partial charge >= 0.3 is 6.03 Å². The number of nitrogens with zero attached hydrogens (tertiary/aromatic N) is 3. The zero-order valence-corrected chi connectivity index (χ0v) is 12.1. The van der Waals surface area contributed by atoms with Crippen molar-refractivity contribution in [2.75, 3.05) is 23.7 Å². The highest BCUT2D eigenvalue weighted by Crippen LogP contribution is 2.16. The Labute approximate surface area is 131 Å². The van der Waals surface area contributed by atoms with Crippen molar-refractivity contribution >= 4 is 29.5 Å². The fourth-order valence-corrected chi connectivity index (χ4v) is 2.26. The number of nitrogen functional groups attached to an aromatic ring is 1. The third-order valence-corrected chi connectivity index (χ3v) is 3.54. The molecule has 2 aliphatic heterocycles. The van der Waals surface area contributed by atoms with E-state index in [-0.39, 0.29) is 11.6 Å². The van der Waals surface area contributed by atoms with E-state index in [9.17, 15) is 14.4 Å². The lowest BCUT2D eigenvalue weighted by Gasteiger charge is -2.25. The summed E-state index contributed by atoms with van der Waals surface area (Å²) in [5, 5.41) is 4.45. The van der Waals surface area contributed by atoms with Gasteiger partial charge in [-0.15, -0.1) is 0 Å². The van der Waals surface area contributed by atoms with Gasteiger partial charge in [-0.25, -0.2) is 9.78 Å². The molecular formula is C14H14N6O3. The van der Waals surface area contributed by atoms with Crippen LogP contribution in [-0.4, -0.2) is 46.8 Å². The lowest BCUT2D eigenvalue weighted by atomic mass is 10.1. The highest BCUT2D eigenvalue weighted by atomic mass is 16.2. The monoisotopic (exact) mass is 314 g/mol. The molecule has 0 bridgehead atoms. The number of rotatable bonds is 1. The van der Waals surface area contributed by atoms with Crippen LogP contribution in [0.25, 0.3) is 0 Å². The Bertz CT molecular complexity index is 741. The van der Waals surface area contributed by atoms with Crippen LogP contribution in [0, 0.1) is 11.8 Å². The van der Waals surface area contributed by atoms with Gasteiger partial charge in [0.05, 0.1) is 11.8 Å². The Morgan fingerprint density at radius 3 is 2.61 bits per heavy atom. The molecule has 1 atom stereocenters. The number of Topliss-reactive ketones (excluding diaryl/α,β-unsaturated/α-hetero) is 1. The van der Waals surface area contributed by atoms with E-state index in [1.54, 1.807) is 0 Å². The SMILES string of the molecule is Nc1nc(N2CCC(=O)CC2)ncc1C#CC1NC(=O)NC1=O. The molecule has 0 spiro atoms. The summed E-state index contributed by atoms with van der Waals surface area (Å²) in [7, 11) is 0. The second-order valence-corrected chi connectivity index (χ2v) is 5.16. The van der Waals surface area contributed by atoms with Crippen LogP contribution in [0.5, 0.6) is 0 Å². The number of hydrogen-bond donors (Lipinski definition) is 3. The number of carbonyl (C=O) groups excluding carboxylic acids is 3. The molecule has 9 heteroatoms. The van der Waals surface area contributed by atoms with E-state index >= 15 is 0 Å². The molecule has 3 rings (SSSR count). The lowest BCUT2D eigenvalue weighted by Crippen LogP contribution is -2.35. The zero-order chi connectivity index (χ0) is 16.4. The third kappa shape index (κ3) is 3.21. The summed E-state index contributed by atoms with van der Waals surface area (Å²) in [5.41, 5.74) is 6.24. The first-order valence-electron chi connectivity index (χ1n) is 7.05. The topological polar surface area (TPSA) is 130 Å². The van der Waals surface area contributed by atoms with Gasteiger partial charge in [-0.1, -0.05) is 11.8 Å². The number of imide groups is 1. The fourth-order valence-electron chi connectivity index (χ4n) is 2.26. The summed E-state index contributed by atoms with van der Waals surface area (Å²) in [4.78, 5) is 43.9. The second kappa shape index (κ2) is 5.92. The van der Waals surface area contributed by atoms with Gasteiger partial charge in [-0.05, 0) is 0 Å². The highest BCUT2D eigenvalue weighted by molar-refractivity contribution is 6.05. The van der Waals surface area contributed by atoms with E-state index in [0.717, 1.165) is 0 Å². The van der Waals surface area contributed by atoms with Gasteiger partial charge in [-0.2, -0.15) is 4.98 Å². The van der Waals surface area contributed by atoms with Gasteiger partial charge in [-0.3, -0.25) is 14.9 Å². The van der Waals surface area contributed by atoms with E-state index in [1.807, 2.05) is 4.90 Å². The van der Waals surface area contributed by atoms with Crippen molar-refractivity contribution in [1.29, 1.82) is 0 Å². The van der Waals surface area contributed by atoms with Crippen molar-refractivity contribution in [3.8, 4) is 11.8 Å². The first kappa shape index (κ1) is 14.8. The second-order valence-electron chi connectivity index (χ2n) is 5.16. The number of piperidine rings is 1. The van der Waals surface area contributed by atoms with Crippen molar-refractivity contribution in [3.63, 3.8) is 0 Å². The standard InChI is InChI=1S/C14H14N6O3/c15-11-8(1-2-10-12(22)19-14(23)17-10)7-16-13(18-11)20-5-3-9(21)4-6-20/h7,10H,3-6H2,(H2,15,16,18)(H2,17,19,22,23). The predicted molar refractivity (Wildman–Crippen MR) is 80.2 cm³/mol. The number of aromatic nitrogens is 2. The Morgan fingerprint density at radius 1 is 1.26 bits per heavy atom. The first-order valence-corrected chi connectivity index (χ1v) is 7.05. The number of amides is 3. The van der Waals surface area contributed by atoms with Crippen LogP contribution < -0.4 is 21.3 Å². The van der Waals surface area contributed by atoms with E-state index < -0.39 is 18.0 Å². The van der Waals surface area contributed by atoms with Crippen LogP contribution in [0.1, 0.15) is 18.4 Å². The molecule has 1 aromatic rings. The van der Waals surface area contributed by atoms with Crippen LogP contribution >= 0.6 is 0 Å². The van der Waals surface area contributed by atoms with Crippen molar-refractivity contribution in [3.05, 3.63) is 11.8 Å². The molecule has 2 fully saturated rings. The number of hydrogen-bond acceptors (Lipinski definition) is 7. The van der Waals surface area contributed by atoms with Crippen LogP contribution in [-0.2, 0) is 9.59 Å². The van der Waals surface area contributed by atoms with Crippen LogP contribution in [0.15, 0.2) is 6.20 Å². The molecule has 3 heterocycles. The van der Waals surface area contributed by atoms with E-state index in [4.69, 9.17) is 5.73 Å². The maximum Gasteiger partial charge on any atom is 0.322 e. The van der Waals surface area contributed by atoms with E-state index in [1.165, 1.54) is 6.20 Å². The Hall–Kier alpha value is -3.15. The smallest absolute Gasteiger partial charge is 0.322 e. The highest BCUT2D eigenvalue weighted by Gasteiger charge is 2.27. The van der Waals surface area contributed by atoms with Gasteiger partial charge in [0.15, 0.2) is 6.04 Å². The minimum Gasteiger partial charge on any atom is -0.382 e. The maximum atomic E-state index is 11.4. The average molecular weight is 314 g/mol. The van der Waals surface area contributed by atoms with Crippen LogP contribution in [0.3, 0.4) is 0 Å². The summed E-state index contributed by atoms with van der Waals surface area (Å²) in [6.07, 6.45) is 2.42. The van der Waals surface area contributed by atoms with E-state index in [0.29, 0.717) is 37.4 Å². The molecule has 0 aliphatic carbocycles. The van der Waals surface area contributed by atoms with Crippen LogP contribution in [0.4, 0.5) is 16.6 Å². The molecule has 2 saturated heterocycles. The summed E-state index contributed by atoms with van der Waals surface area (Å²) in [5.74, 6) is 5.67. The largest absolute Gasteiger partial charge is 0.382 e. The summed E-state index contributed by atoms with van der Waals surface area (Å²) in [6, 6.07) is -1.48. The molecule has 0 aromatic carbocycles. The number of anilines is 2. The number of carbonyl (C=O) groups is 3. The average Bonchev–Trinajstić information content (AvgIpc) is 2.84. The molecule has 4 N–H and O–H groups in total. The fraction of sp³-hybridized carbons (Fsp3) is 0.357. The molecule has 23 heavy (non-hydrogen) atoms. The summed E-state index contributed by atoms with van der Waals surface area (Å²) >= 11 is 0. The molecular weight excluding hydrogens is 300 g/mol. The Morgan fingerprint density at radius 2 is 2.00 bits per heavy atom. The molecule has 0 radical (unpaired) electrons. The Kier molecular flexibility index (Phi) is 3.80. The third-order valence-electron chi connectivity index (χ3n) is 3.54. The van der Waals surface area contributed by atoms with Crippen molar-refractivity contribution in [2.45, 2.75) is 18.9 Å². The van der Waals surface area contributed by atoms with Gasteiger partial charge < -0.3 is 16.0 Å². The summed E-state index contributed by atoms with van der Waals surface area (Å²) < 4.78 is 0. The number of nitrogens with two attached hydrogens (primary N) is 1. The molecule has 1 unspecified atom stereocenters. The van der Waals surface area contributed by atoms with Crippen molar-refractivity contribution in [2.24, 2.45) is 0 Å². The molecule has 3 amide bonds. The Balaban J connectivity index is 1.74. The van der Waals surface area contributed by atoms with Gasteiger partial charge in [0.1, 0.15) is 11.6 Å². The quantitative estimate of drug-likeness (QED) is 0.438. The lowest BCUT2D eigenvalue weighted by molar-refractivity contribution is -0.120. The molecule has 118 valence electrons.